The van der Waals surface area contributed by atoms with Gasteiger partial charge in [0.2, 0.25) is 5.91 Å². The first-order valence-corrected chi connectivity index (χ1v) is 5.83. The van der Waals surface area contributed by atoms with Crippen molar-refractivity contribution in [3.63, 3.8) is 0 Å². The maximum atomic E-state index is 13.1. The van der Waals surface area contributed by atoms with Gasteiger partial charge in [0.05, 0.1) is 0 Å². The van der Waals surface area contributed by atoms with E-state index in [2.05, 4.69) is 5.32 Å². The van der Waals surface area contributed by atoms with Crippen molar-refractivity contribution in [2.75, 3.05) is 6.54 Å². The minimum atomic E-state index is -0.214. The van der Waals surface area contributed by atoms with Crippen LogP contribution in [0, 0.1) is 5.82 Å². The fourth-order valence-corrected chi connectivity index (χ4v) is 2.00. The summed E-state index contributed by atoms with van der Waals surface area (Å²) in [5.41, 5.74) is 0.942. The number of allylic oxidation sites excluding steroid dienone is 1. The average Bonchev–Trinajstić information content (AvgIpc) is 3.08. The molecule has 1 aliphatic carbocycles. The Morgan fingerprint density at radius 2 is 2.29 bits per heavy atom. The van der Waals surface area contributed by atoms with Gasteiger partial charge in [-0.05, 0) is 43.5 Å². The topological polar surface area (TPSA) is 29.1 Å². The predicted octanol–water partition coefficient (Wildman–Crippen LogP) is 2.55. The summed E-state index contributed by atoms with van der Waals surface area (Å²) in [5.74, 6) is -0.302. The Hall–Kier alpha value is -1.64. The van der Waals surface area contributed by atoms with Gasteiger partial charge in [-0.2, -0.15) is 0 Å². The fraction of sp³-hybridized carbons (Fsp3) is 0.357. The molecule has 0 saturated heterocycles. The Kier molecular flexibility index (Phi) is 3.27. The summed E-state index contributed by atoms with van der Waals surface area (Å²) in [5, 5.41) is 2.86. The van der Waals surface area contributed by atoms with E-state index < -0.39 is 0 Å². The van der Waals surface area contributed by atoms with Crippen molar-refractivity contribution in [2.45, 2.75) is 25.2 Å². The molecule has 0 radical (unpaired) electrons. The lowest BCUT2D eigenvalue weighted by Gasteiger charge is -2.16. The van der Waals surface area contributed by atoms with Gasteiger partial charge >= 0.3 is 0 Å². The van der Waals surface area contributed by atoms with E-state index >= 15 is 0 Å². The van der Waals surface area contributed by atoms with Gasteiger partial charge in [-0.15, -0.1) is 0 Å². The lowest BCUT2D eigenvalue weighted by Crippen LogP contribution is -2.31. The Morgan fingerprint density at radius 1 is 1.53 bits per heavy atom. The van der Waals surface area contributed by atoms with Gasteiger partial charge in [0.15, 0.2) is 0 Å². The van der Waals surface area contributed by atoms with Gasteiger partial charge in [-0.1, -0.05) is 18.2 Å². The van der Waals surface area contributed by atoms with Crippen molar-refractivity contribution in [1.29, 1.82) is 0 Å². The summed E-state index contributed by atoms with van der Waals surface area (Å²) in [6, 6.07) is 6.66. The van der Waals surface area contributed by atoms with E-state index in [9.17, 15) is 9.18 Å². The summed E-state index contributed by atoms with van der Waals surface area (Å²) in [6.07, 6.45) is 5.22. The molecule has 0 atom stereocenters. The molecule has 90 valence electrons. The maximum Gasteiger partial charge on any atom is 0.243 e. The van der Waals surface area contributed by atoms with Crippen LogP contribution in [0.5, 0.6) is 0 Å². The highest BCUT2D eigenvalue weighted by Gasteiger charge is 2.44. The number of hydrogen-bond donors (Lipinski definition) is 1. The largest absolute Gasteiger partial charge is 0.352 e. The monoisotopic (exact) mass is 233 g/mol. The molecule has 0 unspecified atom stereocenters. The van der Waals surface area contributed by atoms with Gasteiger partial charge in [0, 0.05) is 12.0 Å². The third-order valence-electron chi connectivity index (χ3n) is 3.21. The van der Waals surface area contributed by atoms with Crippen LogP contribution in [-0.4, -0.2) is 12.5 Å². The zero-order chi connectivity index (χ0) is 12.3. The molecule has 0 aliphatic heterocycles. The normalized spacial score (nSPS) is 17.1. The van der Waals surface area contributed by atoms with Crippen molar-refractivity contribution in [2.24, 2.45) is 0 Å². The smallest absolute Gasteiger partial charge is 0.243 e. The summed E-state index contributed by atoms with van der Waals surface area (Å²) in [7, 11) is 0. The zero-order valence-electron chi connectivity index (χ0n) is 9.87. The number of carbonyl (C=O) groups excluding carboxylic acids is 1. The number of carbonyl (C=O) groups is 1. The molecule has 17 heavy (non-hydrogen) atoms. The van der Waals surface area contributed by atoms with Crippen molar-refractivity contribution in [1.82, 2.24) is 5.32 Å². The molecule has 0 bridgehead atoms. The van der Waals surface area contributed by atoms with Crippen LogP contribution in [0.25, 0.3) is 0 Å². The van der Waals surface area contributed by atoms with E-state index in [1.807, 2.05) is 6.07 Å². The maximum absolute atomic E-state index is 13.1. The molecule has 1 saturated carbocycles. The number of benzene rings is 1. The Morgan fingerprint density at radius 3 is 2.88 bits per heavy atom. The molecule has 2 rings (SSSR count). The summed E-state index contributed by atoms with van der Waals surface area (Å²) < 4.78 is 13.1. The molecule has 0 aromatic heterocycles. The van der Waals surface area contributed by atoms with Gasteiger partial charge < -0.3 is 5.32 Å². The van der Waals surface area contributed by atoms with Gasteiger partial charge in [0.1, 0.15) is 5.82 Å². The van der Waals surface area contributed by atoms with E-state index in [1.54, 1.807) is 25.1 Å². The van der Waals surface area contributed by atoms with E-state index in [-0.39, 0.29) is 17.1 Å². The molecule has 1 aromatic carbocycles. The average molecular weight is 233 g/mol. The highest BCUT2D eigenvalue weighted by atomic mass is 19.1. The Labute approximate surface area is 101 Å². The quantitative estimate of drug-likeness (QED) is 0.796. The van der Waals surface area contributed by atoms with Crippen LogP contribution in [0.1, 0.15) is 25.3 Å². The second-order valence-electron chi connectivity index (χ2n) is 4.51. The van der Waals surface area contributed by atoms with Crippen molar-refractivity contribution < 1.29 is 9.18 Å². The van der Waals surface area contributed by atoms with Crippen LogP contribution in [0.3, 0.4) is 0 Å². The van der Waals surface area contributed by atoms with E-state index in [1.165, 1.54) is 12.1 Å². The first kappa shape index (κ1) is 11.8. The molecule has 0 spiro atoms. The number of rotatable bonds is 4. The lowest BCUT2D eigenvalue weighted by atomic mass is 9.96. The van der Waals surface area contributed by atoms with Crippen LogP contribution in [0.2, 0.25) is 0 Å². The van der Waals surface area contributed by atoms with Crippen molar-refractivity contribution in [3.8, 4) is 0 Å². The number of hydrogen-bond acceptors (Lipinski definition) is 1. The highest BCUT2D eigenvalue weighted by Crippen LogP contribution is 2.47. The molecule has 2 nitrogen and oxygen atoms in total. The molecule has 1 N–H and O–H groups in total. The third-order valence-corrected chi connectivity index (χ3v) is 3.21. The van der Waals surface area contributed by atoms with E-state index in [0.717, 1.165) is 18.4 Å². The van der Waals surface area contributed by atoms with Gasteiger partial charge in [0.25, 0.3) is 0 Å². The van der Waals surface area contributed by atoms with Crippen LogP contribution < -0.4 is 5.32 Å². The predicted molar refractivity (Wildman–Crippen MR) is 65.1 cm³/mol. The fourth-order valence-electron chi connectivity index (χ4n) is 2.00. The summed E-state index contributed by atoms with van der Waals surface area (Å²) in [6.45, 7) is 2.39. The minimum absolute atomic E-state index is 0.0423. The summed E-state index contributed by atoms with van der Waals surface area (Å²) >= 11 is 0. The van der Waals surface area contributed by atoms with Crippen molar-refractivity contribution >= 4 is 5.91 Å². The number of halogens is 1. The third kappa shape index (κ3) is 2.73. The first-order chi connectivity index (χ1) is 8.16. The van der Waals surface area contributed by atoms with Gasteiger partial charge in [-0.25, -0.2) is 4.39 Å². The molecule has 1 amide bonds. The summed E-state index contributed by atoms with van der Waals surface area (Å²) in [4.78, 5) is 11.3. The van der Waals surface area contributed by atoms with E-state index in [4.69, 9.17) is 0 Å². The molecular weight excluding hydrogens is 217 g/mol. The van der Waals surface area contributed by atoms with Crippen molar-refractivity contribution in [3.05, 3.63) is 47.8 Å². The van der Waals surface area contributed by atoms with Crippen LogP contribution in [0.15, 0.2) is 36.4 Å². The molecular formula is C14H16FNO. The molecule has 3 heteroatoms. The lowest BCUT2D eigenvalue weighted by molar-refractivity contribution is -0.116. The minimum Gasteiger partial charge on any atom is -0.352 e. The standard InChI is InChI=1S/C14H16FNO/c1-2-4-13(17)16-10-14(7-8-14)11-5-3-6-12(15)9-11/h2-6,9H,7-8,10H2,1H3,(H,16,17)/b4-2+. The Balaban J connectivity index is 2.03. The van der Waals surface area contributed by atoms with Crippen LogP contribution in [-0.2, 0) is 10.2 Å². The molecule has 1 aromatic rings. The molecule has 0 heterocycles. The van der Waals surface area contributed by atoms with Gasteiger partial charge in [-0.3, -0.25) is 4.79 Å². The molecule has 1 aliphatic rings. The second kappa shape index (κ2) is 4.70. The first-order valence-electron chi connectivity index (χ1n) is 5.83. The number of nitrogens with one attached hydrogen (secondary N) is 1. The SMILES string of the molecule is C/C=C/C(=O)NCC1(c2cccc(F)c2)CC1. The second-order valence-corrected chi connectivity index (χ2v) is 4.51. The highest BCUT2D eigenvalue weighted by molar-refractivity contribution is 5.87. The Bertz CT molecular complexity index is 449. The van der Waals surface area contributed by atoms with Crippen LogP contribution in [0.4, 0.5) is 4.39 Å². The van der Waals surface area contributed by atoms with E-state index in [0.29, 0.717) is 6.54 Å². The van der Waals surface area contributed by atoms with Crippen LogP contribution >= 0.6 is 0 Å². The molecule has 1 fully saturated rings. The zero-order valence-corrected chi connectivity index (χ0v) is 9.87. The number of amides is 1.